The molecule has 2 rings (SSSR count). The fourth-order valence-corrected chi connectivity index (χ4v) is 3.62. The van der Waals surface area contributed by atoms with Gasteiger partial charge in [-0.1, -0.05) is 58.4 Å². The van der Waals surface area contributed by atoms with E-state index < -0.39 is 0 Å². The summed E-state index contributed by atoms with van der Waals surface area (Å²) in [6, 6.07) is 10.3. The predicted octanol–water partition coefficient (Wildman–Crippen LogP) is 8.00. The van der Waals surface area contributed by atoms with Crippen molar-refractivity contribution in [1.29, 1.82) is 0 Å². The zero-order chi connectivity index (χ0) is 22.1. The zero-order valence-corrected chi connectivity index (χ0v) is 21.6. The molecule has 0 amide bonds. The second-order valence-corrected chi connectivity index (χ2v) is 11.1. The third-order valence-corrected chi connectivity index (χ3v) is 5.84. The number of aryl methyl sites for hydroxylation is 1. The number of rotatable bonds is 5. The van der Waals surface area contributed by atoms with E-state index in [2.05, 4.69) is 78.5 Å². The molecule has 2 nitrogen and oxygen atoms in total. The maximum Gasteiger partial charge on any atom is 0.127 e. The van der Waals surface area contributed by atoms with Crippen molar-refractivity contribution in [3.05, 3.63) is 52.0 Å². The number of hydrogen-bond acceptors (Lipinski definition) is 2. The molecule has 0 bridgehead atoms. The summed E-state index contributed by atoms with van der Waals surface area (Å²) < 4.78 is 0. The van der Waals surface area contributed by atoms with Gasteiger partial charge in [0, 0.05) is 34.8 Å². The summed E-state index contributed by atoms with van der Waals surface area (Å²) in [6.07, 6.45) is 0. The second kappa shape index (κ2) is 9.94. The first-order valence-electron chi connectivity index (χ1n) is 10.6. The van der Waals surface area contributed by atoms with Crippen LogP contribution < -0.4 is 0 Å². The van der Waals surface area contributed by atoms with Crippen molar-refractivity contribution in [3.63, 3.8) is 0 Å². The van der Waals surface area contributed by atoms with Gasteiger partial charge in [-0.3, -0.25) is 4.90 Å². The molecule has 0 heterocycles. The van der Waals surface area contributed by atoms with Crippen LogP contribution in [0.25, 0.3) is 11.1 Å². The Morgan fingerprint density at radius 1 is 1.00 bits per heavy atom. The number of nitrogens with zero attached hydrogens (tertiary/aromatic N) is 1. The summed E-state index contributed by atoms with van der Waals surface area (Å²) in [6.45, 7) is 21.6. The lowest BCUT2D eigenvalue weighted by molar-refractivity contribution is 0.110. The summed E-state index contributed by atoms with van der Waals surface area (Å²) in [5.41, 5.74) is 5.12. The lowest BCUT2D eigenvalue weighted by Crippen LogP contribution is -2.42. The molecule has 0 aliphatic carbocycles. The van der Waals surface area contributed by atoms with Gasteiger partial charge in [0.15, 0.2) is 0 Å². The number of halogens is 2. The summed E-state index contributed by atoms with van der Waals surface area (Å²) >= 11 is 6.24. The third kappa shape index (κ3) is 6.64. The van der Waals surface area contributed by atoms with Crippen molar-refractivity contribution in [3.8, 4) is 16.9 Å². The highest BCUT2D eigenvalue weighted by molar-refractivity contribution is 6.31. The Bertz CT molecular complexity index is 861. The third-order valence-electron chi connectivity index (χ3n) is 5.42. The van der Waals surface area contributed by atoms with Gasteiger partial charge in [-0.15, -0.1) is 12.4 Å². The van der Waals surface area contributed by atoms with Gasteiger partial charge in [0.05, 0.1) is 0 Å². The number of hydrogen-bond donors (Lipinski definition) is 1. The molecule has 0 unspecified atom stereocenters. The van der Waals surface area contributed by atoms with Crippen molar-refractivity contribution in [2.75, 3.05) is 6.54 Å². The molecule has 2 aromatic rings. The number of phenolic OH excluding ortho intramolecular Hbond substituents is 1. The van der Waals surface area contributed by atoms with Gasteiger partial charge in [-0.2, -0.15) is 0 Å². The van der Waals surface area contributed by atoms with E-state index in [-0.39, 0.29) is 23.4 Å². The molecule has 0 aliphatic rings. The Labute approximate surface area is 195 Å². The number of aromatic hydroxyl groups is 1. The first kappa shape index (κ1) is 26.8. The van der Waals surface area contributed by atoms with Crippen molar-refractivity contribution in [2.45, 2.75) is 79.8 Å². The van der Waals surface area contributed by atoms with E-state index in [9.17, 15) is 5.11 Å². The van der Waals surface area contributed by atoms with E-state index in [4.69, 9.17) is 11.6 Å². The highest BCUT2D eigenvalue weighted by atomic mass is 35.5. The lowest BCUT2D eigenvalue weighted by Gasteiger charge is -2.37. The molecule has 1 N–H and O–H groups in total. The standard InChI is InChI=1S/C26H38ClNO.ClH/c1-17(2)15-28(26(7,8)9)16-20-13-21(25(4,5)6)14-22(24(20)29)19-10-11-23(27)18(3)12-19;/h10-14,17,29H,15-16H2,1-9H3;1H. The van der Waals surface area contributed by atoms with Crippen LogP contribution in [0.3, 0.4) is 0 Å². The average Bonchev–Trinajstić information content (AvgIpc) is 2.56. The quantitative estimate of drug-likeness (QED) is 0.497. The van der Waals surface area contributed by atoms with Crippen LogP contribution in [-0.4, -0.2) is 22.1 Å². The molecular formula is C26H39Cl2NO. The molecule has 4 heteroatoms. The molecule has 0 aliphatic heterocycles. The fraction of sp³-hybridized carbons (Fsp3) is 0.538. The van der Waals surface area contributed by atoms with Crippen LogP contribution in [0.2, 0.25) is 5.02 Å². The summed E-state index contributed by atoms with van der Waals surface area (Å²) in [5, 5.41) is 12.0. The van der Waals surface area contributed by atoms with Gasteiger partial charge in [-0.05, 0) is 73.9 Å². The smallest absolute Gasteiger partial charge is 0.127 e. The number of phenols is 1. The minimum Gasteiger partial charge on any atom is -0.507 e. The van der Waals surface area contributed by atoms with Crippen LogP contribution >= 0.6 is 24.0 Å². The van der Waals surface area contributed by atoms with Gasteiger partial charge < -0.3 is 5.11 Å². The van der Waals surface area contributed by atoms with Crippen molar-refractivity contribution in [2.24, 2.45) is 5.92 Å². The molecule has 2 aromatic carbocycles. The monoisotopic (exact) mass is 451 g/mol. The Balaban J connectivity index is 0.00000450. The summed E-state index contributed by atoms with van der Waals surface area (Å²) in [4.78, 5) is 2.45. The second-order valence-electron chi connectivity index (χ2n) is 10.7. The molecule has 0 aromatic heterocycles. The van der Waals surface area contributed by atoms with E-state index in [1.54, 1.807) is 0 Å². The van der Waals surface area contributed by atoms with Gasteiger partial charge in [-0.25, -0.2) is 0 Å². The van der Waals surface area contributed by atoms with E-state index in [1.165, 1.54) is 5.56 Å². The van der Waals surface area contributed by atoms with Crippen LogP contribution in [0.5, 0.6) is 5.75 Å². The minimum atomic E-state index is -0.0106. The molecule has 0 fully saturated rings. The summed E-state index contributed by atoms with van der Waals surface area (Å²) in [7, 11) is 0. The van der Waals surface area contributed by atoms with Crippen molar-refractivity contribution < 1.29 is 5.11 Å². The SMILES string of the molecule is Cc1cc(-c2cc(C(C)(C)C)cc(CN(CC(C)C)C(C)(C)C)c2O)ccc1Cl.Cl. The largest absolute Gasteiger partial charge is 0.507 e. The van der Waals surface area contributed by atoms with Crippen LogP contribution in [0.4, 0.5) is 0 Å². The topological polar surface area (TPSA) is 23.5 Å². The van der Waals surface area contributed by atoms with Gasteiger partial charge in [0.25, 0.3) is 0 Å². The van der Waals surface area contributed by atoms with Crippen molar-refractivity contribution in [1.82, 2.24) is 4.90 Å². The minimum absolute atomic E-state index is 0. The van der Waals surface area contributed by atoms with E-state index in [0.717, 1.165) is 40.4 Å². The maximum absolute atomic E-state index is 11.3. The molecular weight excluding hydrogens is 413 g/mol. The Morgan fingerprint density at radius 2 is 1.60 bits per heavy atom. The van der Waals surface area contributed by atoms with Crippen LogP contribution in [0.15, 0.2) is 30.3 Å². The molecule has 168 valence electrons. The van der Waals surface area contributed by atoms with Gasteiger partial charge in [0.2, 0.25) is 0 Å². The molecule has 0 saturated carbocycles. The lowest BCUT2D eigenvalue weighted by atomic mass is 9.83. The van der Waals surface area contributed by atoms with E-state index in [1.807, 2.05) is 19.1 Å². The van der Waals surface area contributed by atoms with Crippen LogP contribution in [-0.2, 0) is 12.0 Å². The average molecular weight is 453 g/mol. The van der Waals surface area contributed by atoms with Crippen LogP contribution in [0.1, 0.15) is 72.1 Å². The normalized spacial score (nSPS) is 12.4. The number of benzene rings is 2. The summed E-state index contributed by atoms with van der Waals surface area (Å²) in [5.74, 6) is 0.929. The Hall–Kier alpha value is -1.22. The highest BCUT2D eigenvalue weighted by Gasteiger charge is 2.26. The zero-order valence-electron chi connectivity index (χ0n) is 20.1. The molecule has 0 saturated heterocycles. The van der Waals surface area contributed by atoms with E-state index >= 15 is 0 Å². The van der Waals surface area contributed by atoms with Gasteiger partial charge >= 0.3 is 0 Å². The van der Waals surface area contributed by atoms with Crippen LogP contribution in [0, 0.1) is 12.8 Å². The molecule has 30 heavy (non-hydrogen) atoms. The molecule has 0 radical (unpaired) electrons. The first-order valence-corrected chi connectivity index (χ1v) is 11.0. The highest BCUT2D eigenvalue weighted by Crippen LogP contribution is 2.39. The predicted molar refractivity (Wildman–Crippen MR) is 134 cm³/mol. The Kier molecular flexibility index (Phi) is 8.88. The molecule has 0 spiro atoms. The van der Waals surface area contributed by atoms with Gasteiger partial charge in [0.1, 0.15) is 5.75 Å². The molecule has 0 atom stereocenters. The maximum atomic E-state index is 11.3. The van der Waals surface area contributed by atoms with Crippen molar-refractivity contribution >= 4 is 24.0 Å². The van der Waals surface area contributed by atoms with E-state index in [0.29, 0.717) is 11.7 Å². The first-order chi connectivity index (χ1) is 13.2. The Morgan fingerprint density at radius 3 is 2.07 bits per heavy atom. The fourth-order valence-electron chi connectivity index (χ4n) is 3.50.